The molecule has 142 valence electrons. The summed E-state index contributed by atoms with van der Waals surface area (Å²) in [6.45, 7) is 0. The summed E-state index contributed by atoms with van der Waals surface area (Å²) in [6, 6.07) is 2.50. The van der Waals surface area contributed by atoms with Crippen molar-refractivity contribution in [2.75, 3.05) is 5.32 Å². The quantitative estimate of drug-likeness (QED) is 0.905. The Morgan fingerprint density at radius 3 is 2.63 bits per heavy atom. The number of nitrogens with one attached hydrogen (secondary N) is 1. The Bertz CT molecular complexity index is 898. The number of fused-ring (bicyclic) bond motifs is 2. The molecule has 1 fully saturated rings. The molecule has 0 spiro atoms. The van der Waals surface area contributed by atoms with Gasteiger partial charge in [0.1, 0.15) is 12.1 Å². The van der Waals surface area contributed by atoms with E-state index in [0.717, 1.165) is 62.9 Å². The lowest BCUT2D eigenvalue weighted by molar-refractivity contribution is 0.300. The molecule has 6 nitrogen and oxygen atoms in total. The molecule has 0 saturated heterocycles. The van der Waals surface area contributed by atoms with E-state index in [-0.39, 0.29) is 11.6 Å². The fourth-order valence-corrected chi connectivity index (χ4v) is 4.98. The third-order valence-corrected chi connectivity index (χ3v) is 6.49. The van der Waals surface area contributed by atoms with Gasteiger partial charge in [-0.1, -0.05) is 0 Å². The Morgan fingerprint density at radius 1 is 0.926 bits per heavy atom. The molecule has 2 heterocycles. The van der Waals surface area contributed by atoms with Gasteiger partial charge in [-0.05, 0) is 76.2 Å². The predicted octanol–water partition coefficient (Wildman–Crippen LogP) is 3.00. The molecule has 1 N–H and O–H groups in total. The van der Waals surface area contributed by atoms with Crippen LogP contribution in [-0.4, -0.2) is 25.8 Å². The maximum absolute atomic E-state index is 12.6. The summed E-state index contributed by atoms with van der Waals surface area (Å²) in [6.07, 6.45) is 13.5. The number of hydrogen-bond donors (Lipinski definition) is 1. The first-order chi connectivity index (χ1) is 13.3. The van der Waals surface area contributed by atoms with E-state index >= 15 is 0 Å². The van der Waals surface area contributed by atoms with Crippen LogP contribution in [0.5, 0.6) is 0 Å². The zero-order valence-electron chi connectivity index (χ0n) is 15.8. The van der Waals surface area contributed by atoms with Crippen molar-refractivity contribution in [2.45, 2.75) is 82.7 Å². The lowest BCUT2D eigenvalue weighted by atomic mass is 9.90. The molecule has 1 saturated carbocycles. The number of rotatable bonds is 3. The van der Waals surface area contributed by atoms with Crippen molar-refractivity contribution in [1.82, 2.24) is 19.7 Å². The van der Waals surface area contributed by atoms with Gasteiger partial charge in [0.25, 0.3) is 5.56 Å². The summed E-state index contributed by atoms with van der Waals surface area (Å²) in [5.74, 6) is 1.03. The number of hydrogen-bond acceptors (Lipinski definition) is 5. The van der Waals surface area contributed by atoms with Crippen molar-refractivity contribution in [3.8, 4) is 0 Å². The third kappa shape index (κ3) is 3.26. The van der Waals surface area contributed by atoms with Crippen LogP contribution in [-0.2, 0) is 25.7 Å². The number of aryl methyl sites for hydroxylation is 3. The molecule has 6 heteroatoms. The zero-order valence-corrected chi connectivity index (χ0v) is 15.8. The van der Waals surface area contributed by atoms with E-state index in [2.05, 4.69) is 15.3 Å². The standard InChI is InChI=1S/C21H27N5O/c27-20-12-14-4-1-2-6-18(14)25-26(20)16-10-8-15(9-11-16)24-21-17-5-3-7-19(17)22-13-23-21/h12-13,15-16H,1-11H2,(H,22,23,24). The summed E-state index contributed by atoms with van der Waals surface area (Å²) in [7, 11) is 0. The Balaban J connectivity index is 1.27. The first-order valence-electron chi connectivity index (χ1n) is 10.5. The minimum absolute atomic E-state index is 0.0840. The van der Waals surface area contributed by atoms with Crippen LogP contribution in [0, 0.1) is 0 Å². The van der Waals surface area contributed by atoms with Gasteiger partial charge < -0.3 is 5.32 Å². The zero-order chi connectivity index (χ0) is 18.2. The molecule has 0 amide bonds. The maximum Gasteiger partial charge on any atom is 0.267 e. The molecule has 3 aliphatic carbocycles. The van der Waals surface area contributed by atoms with E-state index in [1.54, 1.807) is 11.0 Å². The van der Waals surface area contributed by atoms with Gasteiger partial charge in [0, 0.05) is 23.4 Å². The topological polar surface area (TPSA) is 72.7 Å². The Kier molecular flexibility index (Phi) is 4.42. The smallest absolute Gasteiger partial charge is 0.267 e. The summed E-state index contributed by atoms with van der Waals surface area (Å²) in [5, 5.41) is 8.41. The van der Waals surface area contributed by atoms with Gasteiger partial charge in [-0.25, -0.2) is 14.6 Å². The highest BCUT2D eigenvalue weighted by molar-refractivity contribution is 5.48. The number of nitrogens with zero attached hydrogens (tertiary/aromatic N) is 4. The molecule has 0 radical (unpaired) electrons. The van der Waals surface area contributed by atoms with Crippen LogP contribution in [0.2, 0.25) is 0 Å². The third-order valence-electron chi connectivity index (χ3n) is 6.49. The van der Waals surface area contributed by atoms with Crippen LogP contribution in [0.25, 0.3) is 0 Å². The Hall–Kier alpha value is -2.24. The van der Waals surface area contributed by atoms with Crippen molar-refractivity contribution < 1.29 is 0 Å². The van der Waals surface area contributed by atoms with E-state index in [1.807, 2.05) is 6.07 Å². The lowest BCUT2D eigenvalue weighted by Crippen LogP contribution is -2.34. The van der Waals surface area contributed by atoms with Gasteiger partial charge >= 0.3 is 0 Å². The lowest BCUT2D eigenvalue weighted by Gasteiger charge is -2.31. The Morgan fingerprint density at radius 2 is 1.74 bits per heavy atom. The highest BCUT2D eigenvalue weighted by Gasteiger charge is 2.26. The van der Waals surface area contributed by atoms with Crippen molar-refractivity contribution >= 4 is 5.82 Å². The number of anilines is 1. The van der Waals surface area contributed by atoms with Gasteiger partial charge in [0.05, 0.1) is 11.7 Å². The van der Waals surface area contributed by atoms with Crippen LogP contribution < -0.4 is 10.9 Å². The van der Waals surface area contributed by atoms with Crippen LogP contribution in [0.15, 0.2) is 17.2 Å². The second kappa shape index (κ2) is 7.06. The molecule has 27 heavy (non-hydrogen) atoms. The summed E-state index contributed by atoms with van der Waals surface area (Å²) in [4.78, 5) is 21.5. The van der Waals surface area contributed by atoms with Gasteiger partial charge in [0.2, 0.25) is 0 Å². The molecule has 0 atom stereocenters. The fourth-order valence-electron chi connectivity index (χ4n) is 4.98. The van der Waals surface area contributed by atoms with Crippen LogP contribution in [0.4, 0.5) is 5.82 Å². The normalized spacial score (nSPS) is 24.3. The van der Waals surface area contributed by atoms with E-state index in [0.29, 0.717) is 6.04 Å². The summed E-state index contributed by atoms with van der Waals surface area (Å²) >= 11 is 0. The van der Waals surface area contributed by atoms with E-state index in [1.165, 1.54) is 36.1 Å². The second-order valence-corrected chi connectivity index (χ2v) is 8.26. The summed E-state index contributed by atoms with van der Waals surface area (Å²) in [5.41, 5.74) is 4.94. The van der Waals surface area contributed by atoms with Crippen molar-refractivity contribution in [3.63, 3.8) is 0 Å². The highest BCUT2D eigenvalue weighted by atomic mass is 16.1. The maximum atomic E-state index is 12.6. The minimum Gasteiger partial charge on any atom is -0.367 e. The van der Waals surface area contributed by atoms with Crippen molar-refractivity contribution in [1.29, 1.82) is 0 Å². The Labute approximate surface area is 159 Å². The van der Waals surface area contributed by atoms with Gasteiger partial charge in [0.15, 0.2) is 0 Å². The van der Waals surface area contributed by atoms with Crippen LogP contribution in [0.3, 0.4) is 0 Å². The van der Waals surface area contributed by atoms with E-state index < -0.39 is 0 Å². The fraction of sp³-hybridized carbons (Fsp3) is 0.619. The average Bonchev–Trinajstić information content (AvgIpc) is 3.18. The van der Waals surface area contributed by atoms with Gasteiger partial charge in [-0.3, -0.25) is 4.79 Å². The molecule has 5 rings (SSSR count). The molecule has 0 aromatic carbocycles. The average molecular weight is 365 g/mol. The number of aromatic nitrogens is 4. The molecular formula is C21H27N5O. The largest absolute Gasteiger partial charge is 0.367 e. The molecule has 2 aromatic rings. The van der Waals surface area contributed by atoms with E-state index in [4.69, 9.17) is 5.10 Å². The first kappa shape index (κ1) is 16.9. The molecule has 2 aromatic heterocycles. The van der Waals surface area contributed by atoms with Crippen LogP contribution in [0.1, 0.15) is 73.5 Å². The van der Waals surface area contributed by atoms with E-state index in [9.17, 15) is 4.79 Å². The predicted molar refractivity (Wildman–Crippen MR) is 104 cm³/mol. The van der Waals surface area contributed by atoms with Gasteiger partial charge in [-0.2, -0.15) is 5.10 Å². The summed E-state index contributed by atoms with van der Waals surface area (Å²) < 4.78 is 1.78. The first-order valence-corrected chi connectivity index (χ1v) is 10.5. The second-order valence-electron chi connectivity index (χ2n) is 8.26. The molecule has 0 bridgehead atoms. The monoisotopic (exact) mass is 365 g/mol. The minimum atomic E-state index is 0.0840. The molecule has 0 aliphatic heterocycles. The molecular weight excluding hydrogens is 338 g/mol. The highest BCUT2D eigenvalue weighted by Crippen LogP contribution is 2.31. The van der Waals surface area contributed by atoms with Crippen LogP contribution >= 0.6 is 0 Å². The van der Waals surface area contributed by atoms with Gasteiger partial charge in [-0.15, -0.1) is 0 Å². The SMILES string of the molecule is O=c1cc2c(nn1C1CCC(Nc3ncnc4c3CCC4)CC1)CCCC2. The molecule has 0 unspecified atom stereocenters. The molecule has 3 aliphatic rings. The van der Waals surface area contributed by atoms with Crippen molar-refractivity contribution in [3.05, 3.63) is 45.3 Å². The van der Waals surface area contributed by atoms with Crippen molar-refractivity contribution in [2.24, 2.45) is 0 Å².